The summed E-state index contributed by atoms with van der Waals surface area (Å²) in [5, 5.41) is 6.71. The molecule has 2 aromatic heterocycles. The van der Waals surface area contributed by atoms with Crippen molar-refractivity contribution in [2.24, 2.45) is 0 Å². The lowest BCUT2D eigenvalue weighted by Gasteiger charge is -2.29. The summed E-state index contributed by atoms with van der Waals surface area (Å²) in [7, 11) is 0. The highest BCUT2D eigenvalue weighted by atomic mass is 32.1. The fourth-order valence-corrected chi connectivity index (χ4v) is 5.47. The average Bonchev–Trinajstić information content (AvgIpc) is 3.50. The lowest BCUT2D eigenvalue weighted by atomic mass is 10.1. The first-order chi connectivity index (χ1) is 17.1. The van der Waals surface area contributed by atoms with Crippen molar-refractivity contribution in [1.29, 1.82) is 0 Å². The van der Waals surface area contributed by atoms with E-state index in [0.717, 1.165) is 28.8 Å². The van der Waals surface area contributed by atoms with Crippen LogP contribution in [0.4, 0.5) is 21.9 Å². The summed E-state index contributed by atoms with van der Waals surface area (Å²) in [6, 6.07) is 16.6. The maximum Gasteiger partial charge on any atom is 0.331 e. The van der Waals surface area contributed by atoms with Gasteiger partial charge < -0.3 is 20.1 Å². The first kappa shape index (κ1) is 21.6. The molecule has 2 aliphatic rings. The Morgan fingerprint density at radius 2 is 2.03 bits per heavy atom. The van der Waals surface area contributed by atoms with Crippen molar-refractivity contribution in [2.75, 3.05) is 23.4 Å². The number of urea groups is 1. The van der Waals surface area contributed by atoms with E-state index in [1.54, 1.807) is 17.2 Å². The van der Waals surface area contributed by atoms with E-state index in [2.05, 4.69) is 15.6 Å². The van der Waals surface area contributed by atoms with E-state index in [1.165, 1.54) is 11.3 Å². The van der Waals surface area contributed by atoms with Gasteiger partial charge in [0.05, 0.1) is 35.1 Å². The molecule has 4 aromatic rings. The second-order valence-electron chi connectivity index (χ2n) is 8.48. The number of nitrogens with one attached hydrogen (secondary N) is 2. The van der Waals surface area contributed by atoms with Gasteiger partial charge in [0.25, 0.3) is 5.91 Å². The number of hydrogen-bond donors (Lipinski definition) is 2. The predicted octanol–water partition coefficient (Wildman–Crippen LogP) is 5.60. The maximum absolute atomic E-state index is 13.4. The average molecular weight is 487 g/mol. The predicted molar refractivity (Wildman–Crippen MR) is 135 cm³/mol. The van der Waals surface area contributed by atoms with E-state index >= 15 is 0 Å². The molecule has 1 fully saturated rings. The number of aromatic nitrogens is 1. The van der Waals surface area contributed by atoms with Gasteiger partial charge in [-0.25, -0.2) is 9.78 Å². The Morgan fingerprint density at radius 3 is 2.80 bits per heavy atom. The van der Waals surface area contributed by atoms with Crippen molar-refractivity contribution in [3.8, 4) is 11.5 Å². The van der Waals surface area contributed by atoms with Crippen LogP contribution in [0.5, 0.6) is 11.5 Å². The van der Waals surface area contributed by atoms with E-state index in [1.807, 2.05) is 55.5 Å². The normalized spacial score (nSPS) is 16.9. The lowest BCUT2D eigenvalue weighted by molar-refractivity contribution is 0.0935. The van der Waals surface area contributed by atoms with E-state index in [0.29, 0.717) is 40.0 Å². The van der Waals surface area contributed by atoms with Crippen LogP contribution in [-0.2, 0) is 4.74 Å². The number of amides is 3. The standard InChI is InChI=1S/C26H22N4O4S/c1-15-13-18(34-17-5-3-2-4-6-17)7-8-19(15)30-20-9-11-27-25-21(20)22(29-26(30)32)23(35-25)24(31)28-16-10-12-33-14-16/h2-9,11,13,16H,10,12,14H2,1H3,(H,28,31)(H,29,32)/t16-/m0/s1. The molecule has 176 valence electrons. The minimum Gasteiger partial charge on any atom is -0.457 e. The second kappa shape index (κ2) is 8.68. The molecule has 9 heteroatoms. The Bertz CT molecular complexity index is 1450. The van der Waals surface area contributed by atoms with Crippen molar-refractivity contribution >= 4 is 50.6 Å². The summed E-state index contributed by atoms with van der Waals surface area (Å²) in [6.07, 6.45) is 2.44. The number of carbonyl (C=O) groups excluding carboxylic acids is 2. The molecule has 8 nitrogen and oxygen atoms in total. The summed E-state index contributed by atoms with van der Waals surface area (Å²) in [4.78, 5) is 33.6. The van der Waals surface area contributed by atoms with Crippen LogP contribution in [0.15, 0.2) is 60.8 Å². The van der Waals surface area contributed by atoms with Gasteiger partial charge in [-0.1, -0.05) is 18.2 Å². The molecule has 6 rings (SSSR count). The topological polar surface area (TPSA) is 92.8 Å². The van der Waals surface area contributed by atoms with Crippen LogP contribution in [0.25, 0.3) is 10.2 Å². The Balaban J connectivity index is 1.36. The number of pyridine rings is 1. The molecule has 4 heterocycles. The summed E-state index contributed by atoms with van der Waals surface area (Å²) in [5.41, 5.74) is 2.79. The van der Waals surface area contributed by atoms with E-state index in [4.69, 9.17) is 9.47 Å². The summed E-state index contributed by atoms with van der Waals surface area (Å²) in [5.74, 6) is 1.20. The molecule has 2 aliphatic heterocycles. The van der Waals surface area contributed by atoms with Crippen molar-refractivity contribution in [1.82, 2.24) is 10.3 Å². The molecule has 35 heavy (non-hydrogen) atoms. The van der Waals surface area contributed by atoms with Crippen molar-refractivity contribution in [2.45, 2.75) is 19.4 Å². The molecule has 0 aliphatic carbocycles. The number of para-hydroxylation sites is 1. The summed E-state index contributed by atoms with van der Waals surface area (Å²) >= 11 is 1.28. The smallest absolute Gasteiger partial charge is 0.331 e. The molecule has 0 spiro atoms. The number of hydrogen-bond acceptors (Lipinski definition) is 6. The van der Waals surface area contributed by atoms with Crippen LogP contribution in [0, 0.1) is 6.92 Å². The van der Waals surface area contributed by atoms with E-state index < -0.39 is 0 Å². The highest BCUT2D eigenvalue weighted by Gasteiger charge is 2.34. The Morgan fingerprint density at radius 1 is 1.17 bits per heavy atom. The minimum atomic E-state index is -0.332. The van der Waals surface area contributed by atoms with E-state index in [-0.39, 0.29) is 18.0 Å². The number of anilines is 3. The lowest BCUT2D eigenvalue weighted by Crippen LogP contribution is -2.37. The molecule has 0 saturated carbocycles. The van der Waals surface area contributed by atoms with Gasteiger partial charge in [-0.2, -0.15) is 0 Å². The van der Waals surface area contributed by atoms with Crippen molar-refractivity contribution < 1.29 is 19.1 Å². The zero-order chi connectivity index (χ0) is 23.9. The van der Waals surface area contributed by atoms with Crippen LogP contribution in [0.1, 0.15) is 21.7 Å². The summed E-state index contributed by atoms with van der Waals surface area (Å²) in [6.45, 7) is 3.07. The number of carbonyl (C=O) groups is 2. The van der Waals surface area contributed by atoms with Gasteiger partial charge in [0, 0.05) is 12.8 Å². The maximum atomic E-state index is 13.4. The third kappa shape index (κ3) is 3.88. The number of aryl methyl sites for hydroxylation is 1. The molecule has 3 amide bonds. The Labute approximate surface area is 205 Å². The van der Waals surface area contributed by atoms with Crippen molar-refractivity contribution in [3.63, 3.8) is 0 Å². The van der Waals surface area contributed by atoms with Crippen LogP contribution in [-0.4, -0.2) is 36.2 Å². The highest BCUT2D eigenvalue weighted by molar-refractivity contribution is 7.21. The highest BCUT2D eigenvalue weighted by Crippen LogP contribution is 2.46. The third-order valence-corrected chi connectivity index (χ3v) is 7.20. The van der Waals surface area contributed by atoms with Crippen LogP contribution >= 0.6 is 11.3 Å². The van der Waals surface area contributed by atoms with Crippen LogP contribution in [0.3, 0.4) is 0 Å². The molecule has 2 aromatic carbocycles. The fraction of sp³-hybridized carbons (Fsp3) is 0.192. The van der Waals surface area contributed by atoms with Crippen molar-refractivity contribution in [3.05, 3.63) is 71.2 Å². The number of ether oxygens (including phenoxy) is 2. The molecule has 0 bridgehead atoms. The fourth-order valence-electron chi connectivity index (χ4n) is 4.45. The zero-order valence-electron chi connectivity index (χ0n) is 18.9. The number of thiophene rings is 1. The molecular formula is C26H22N4O4S. The number of benzene rings is 2. The number of rotatable bonds is 5. The Kier molecular flexibility index (Phi) is 5.35. The summed E-state index contributed by atoms with van der Waals surface area (Å²) < 4.78 is 11.3. The molecule has 0 unspecified atom stereocenters. The van der Waals surface area contributed by atoms with E-state index in [9.17, 15) is 9.59 Å². The molecular weight excluding hydrogens is 464 g/mol. The van der Waals surface area contributed by atoms with Crippen LogP contribution < -0.4 is 20.3 Å². The largest absolute Gasteiger partial charge is 0.457 e. The first-order valence-corrected chi connectivity index (χ1v) is 12.1. The van der Waals surface area contributed by atoms with Gasteiger partial charge in [0.2, 0.25) is 0 Å². The zero-order valence-corrected chi connectivity index (χ0v) is 19.7. The van der Waals surface area contributed by atoms with Gasteiger partial charge in [-0.15, -0.1) is 11.3 Å². The second-order valence-corrected chi connectivity index (χ2v) is 9.48. The van der Waals surface area contributed by atoms with Crippen LogP contribution in [0.2, 0.25) is 0 Å². The first-order valence-electron chi connectivity index (χ1n) is 11.3. The Hall–Kier alpha value is -3.95. The van der Waals surface area contributed by atoms with Gasteiger partial charge >= 0.3 is 6.03 Å². The molecule has 1 atom stereocenters. The molecule has 0 radical (unpaired) electrons. The quantitative estimate of drug-likeness (QED) is 0.383. The van der Waals surface area contributed by atoms with Gasteiger partial charge in [-0.05, 0) is 55.3 Å². The van der Waals surface area contributed by atoms with Gasteiger partial charge in [0.1, 0.15) is 21.2 Å². The monoisotopic (exact) mass is 486 g/mol. The third-order valence-electron chi connectivity index (χ3n) is 6.11. The SMILES string of the molecule is Cc1cc(Oc2ccccc2)ccc1N1C(=O)Nc2c(C(=O)N[C@H]3CCOC3)sc3nccc1c23. The minimum absolute atomic E-state index is 0.0256. The molecule has 2 N–H and O–H groups in total. The molecule has 1 saturated heterocycles. The number of nitrogens with zero attached hydrogens (tertiary/aromatic N) is 2. The van der Waals surface area contributed by atoms with Gasteiger partial charge in [-0.3, -0.25) is 9.69 Å². The van der Waals surface area contributed by atoms with Gasteiger partial charge in [0.15, 0.2) is 0 Å².